The highest BCUT2D eigenvalue weighted by Crippen LogP contribution is 2.23. The summed E-state index contributed by atoms with van der Waals surface area (Å²) in [7, 11) is -3.88. The normalized spacial score (nSPS) is 11.1. The maximum atomic E-state index is 12.0. The molecule has 0 aliphatic heterocycles. The van der Waals surface area contributed by atoms with Gasteiger partial charge in [-0.2, -0.15) is 0 Å². The van der Waals surface area contributed by atoms with E-state index in [4.69, 9.17) is 5.14 Å². The first-order valence-electron chi connectivity index (χ1n) is 5.88. The molecule has 0 unspecified atom stereocenters. The minimum Gasteiger partial charge on any atom is -0.505 e. The zero-order valence-corrected chi connectivity index (χ0v) is 11.9. The van der Waals surface area contributed by atoms with Crippen molar-refractivity contribution in [3.8, 4) is 5.75 Å². The van der Waals surface area contributed by atoms with Crippen molar-refractivity contribution < 1.29 is 18.3 Å². The zero-order chi connectivity index (χ0) is 15.6. The SMILES string of the molecule is Cc1c(NC(=O)c2ncccc2O)cccc1S(N)(=O)=O. The number of carbonyl (C=O) groups is 1. The number of benzene rings is 1. The predicted molar refractivity (Wildman–Crippen MR) is 76.4 cm³/mol. The smallest absolute Gasteiger partial charge is 0.278 e. The second kappa shape index (κ2) is 5.51. The van der Waals surface area contributed by atoms with Crippen LogP contribution in [0.25, 0.3) is 0 Å². The van der Waals surface area contributed by atoms with E-state index in [1.807, 2.05) is 0 Å². The molecule has 1 heterocycles. The van der Waals surface area contributed by atoms with Gasteiger partial charge in [-0.25, -0.2) is 18.5 Å². The van der Waals surface area contributed by atoms with Crippen molar-refractivity contribution in [1.29, 1.82) is 0 Å². The second-order valence-electron chi connectivity index (χ2n) is 4.30. The molecule has 4 N–H and O–H groups in total. The highest BCUT2D eigenvalue weighted by Gasteiger charge is 2.17. The first-order chi connectivity index (χ1) is 9.80. The third-order valence-corrected chi connectivity index (χ3v) is 3.90. The zero-order valence-electron chi connectivity index (χ0n) is 11.1. The van der Waals surface area contributed by atoms with Gasteiger partial charge in [-0.1, -0.05) is 6.07 Å². The Balaban J connectivity index is 2.37. The van der Waals surface area contributed by atoms with Gasteiger partial charge in [-0.05, 0) is 36.8 Å². The van der Waals surface area contributed by atoms with E-state index in [0.29, 0.717) is 5.56 Å². The monoisotopic (exact) mass is 307 g/mol. The summed E-state index contributed by atoms with van der Waals surface area (Å²) in [5, 5.41) is 17.2. The van der Waals surface area contributed by atoms with E-state index in [9.17, 15) is 18.3 Å². The second-order valence-corrected chi connectivity index (χ2v) is 5.83. The van der Waals surface area contributed by atoms with Gasteiger partial charge in [0.2, 0.25) is 10.0 Å². The lowest BCUT2D eigenvalue weighted by Gasteiger charge is -2.11. The van der Waals surface area contributed by atoms with E-state index in [1.165, 1.54) is 43.5 Å². The molecule has 0 atom stereocenters. The highest BCUT2D eigenvalue weighted by atomic mass is 32.2. The number of primary sulfonamides is 1. The van der Waals surface area contributed by atoms with Crippen molar-refractivity contribution in [3.05, 3.63) is 47.8 Å². The lowest BCUT2D eigenvalue weighted by atomic mass is 10.2. The van der Waals surface area contributed by atoms with Gasteiger partial charge in [-0.3, -0.25) is 4.79 Å². The van der Waals surface area contributed by atoms with Crippen molar-refractivity contribution in [2.45, 2.75) is 11.8 Å². The summed E-state index contributed by atoms with van der Waals surface area (Å²) < 4.78 is 22.9. The Kier molecular flexibility index (Phi) is 3.92. The van der Waals surface area contributed by atoms with Crippen LogP contribution < -0.4 is 10.5 Å². The topological polar surface area (TPSA) is 122 Å². The summed E-state index contributed by atoms with van der Waals surface area (Å²) in [5.41, 5.74) is 0.429. The number of amides is 1. The Hall–Kier alpha value is -2.45. The number of pyridine rings is 1. The first-order valence-corrected chi connectivity index (χ1v) is 7.43. The number of sulfonamides is 1. The van der Waals surface area contributed by atoms with E-state index < -0.39 is 15.9 Å². The molecule has 8 heteroatoms. The highest BCUT2D eigenvalue weighted by molar-refractivity contribution is 7.89. The van der Waals surface area contributed by atoms with Gasteiger partial charge in [0, 0.05) is 11.9 Å². The third kappa shape index (κ3) is 3.18. The molecule has 0 bridgehead atoms. The molecule has 0 saturated heterocycles. The average Bonchev–Trinajstić information content (AvgIpc) is 2.40. The van der Waals surface area contributed by atoms with Crippen LogP contribution in [-0.4, -0.2) is 24.4 Å². The molecular formula is C13H13N3O4S. The number of carbonyl (C=O) groups excluding carboxylic acids is 1. The van der Waals surface area contributed by atoms with Gasteiger partial charge in [0.05, 0.1) is 4.90 Å². The van der Waals surface area contributed by atoms with E-state index in [1.54, 1.807) is 0 Å². The number of nitrogens with two attached hydrogens (primary N) is 1. The lowest BCUT2D eigenvalue weighted by Crippen LogP contribution is -2.17. The number of rotatable bonds is 3. The van der Waals surface area contributed by atoms with Crippen LogP contribution in [0.1, 0.15) is 16.1 Å². The molecule has 0 radical (unpaired) electrons. The van der Waals surface area contributed by atoms with E-state index >= 15 is 0 Å². The summed E-state index contributed by atoms with van der Waals surface area (Å²) in [6.45, 7) is 1.52. The van der Waals surface area contributed by atoms with Crippen molar-refractivity contribution >= 4 is 21.6 Å². The summed E-state index contributed by atoms with van der Waals surface area (Å²) in [5.74, 6) is -0.918. The summed E-state index contributed by atoms with van der Waals surface area (Å²) in [4.78, 5) is 15.7. The molecule has 1 amide bonds. The number of anilines is 1. The van der Waals surface area contributed by atoms with Gasteiger partial charge >= 0.3 is 0 Å². The molecule has 0 saturated carbocycles. The van der Waals surface area contributed by atoms with Crippen LogP contribution in [0.15, 0.2) is 41.4 Å². The Morgan fingerprint density at radius 3 is 2.62 bits per heavy atom. The fraction of sp³-hybridized carbons (Fsp3) is 0.0769. The molecule has 21 heavy (non-hydrogen) atoms. The summed E-state index contributed by atoms with van der Waals surface area (Å²) >= 11 is 0. The largest absolute Gasteiger partial charge is 0.505 e. The number of hydrogen-bond donors (Lipinski definition) is 3. The molecule has 0 aliphatic carbocycles. The van der Waals surface area contributed by atoms with Crippen LogP contribution in [-0.2, 0) is 10.0 Å². The van der Waals surface area contributed by atoms with Crippen LogP contribution in [0, 0.1) is 6.92 Å². The van der Waals surface area contributed by atoms with Crippen molar-refractivity contribution in [2.24, 2.45) is 5.14 Å². The predicted octanol–water partition coefficient (Wildman–Crippen LogP) is 0.995. The van der Waals surface area contributed by atoms with Crippen LogP contribution in [0.2, 0.25) is 0 Å². The fourth-order valence-corrected chi connectivity index (χ4v) is 2.62. The third-order valence-electron chi connectivity index (χ3n) is 2.84. The fourth-order valence-electron chi connectivity index (χ4n) is 1.81. The number of aromatic hydroxyl groups is 1. The van der Waals surface area contributed by atoms with Gasteiger partial charge < -0.3 is 10.4 Å². The van der Waals surface area contributed by atoms with E-state index in [0.717, 1.165) is 0 Å². The molecule has 1 aromatic carbocycles. The van der Waals surface area contributed by atoms with Crippen molar-refractivity contribution in [3.63, 3.8) is 0 Å². The molecule has 7 nitrogen and oxygen atoms in total. The summed E-state index contributed by atoms with van der Waals surface area (Å²) in [6.07, 6.45) is 1.36. The number of hydrogen-bond acceptors (Lipinski definition) is 5. The molecule has 2 rings (SSSR count). The minimum atomic E-state index is -3.88. The van der Waals surface area contributed by atoms with Crippen molar-refractivity contribution in [2.75, 3.05) is 5.32 Å². The Bertz CT molecular complexity index is 803. The standard InChI is InChI=1S/C13H13N3O4S/c1-8-9(4-2-6-11(8)21(14,19)20)16-13(18)12-10(17)5-3-7-15-12/h2-7,17H,1H3,(H,16,18)(H2,14,19,20). The maximum Gasteiger partial charge on any atom is 0.278 e. The first kappa shape index (κ1) is 14.9. The molecule has 2 aromatic rings. The lowest BCUT2D eigenvalue weighted by molar-refractivity contribution is 0.101. The van der Waals surface area contributed by atoms with Crippen LogP contribution >= 0.6 is 0 Å². The molecule has 0 aliphatic rings. The van der Waals surface area contributed by atoms with Crippen LogP contribution in [0.3, 0.4) is 0 Å². The van der Waals surface area contributed by atoms with Crippen molar-refractivity contribution in [1.82, 2.24) is 4.98 Å². The molecule has 0 spiro atoms. The number of nitrogens with zero attached hydrogens (tertiary/aromatic N) is 1. The Morgan fingerprint density at radius 2 is 2.00 bits per heavy atom. The maximum absolute atomic E-state index is 12.0. The van der Waals surface area contributed by atoms with Gasteiger partial charge in [-0.15, -0.1) is 0 Å². The minimum absolute atomic E-state index is 0.0782. The average molecular weight is 307 g/mol. The number of aromatic nitrogens is 1. The molecule has 110 valence electrons. The summed E-state index contributed by atoms with van der Waals surface area (Å²) in [6, 6.07) is 7.15. The molecule has 1 aromatic heterocycles. The van der Waals surface area contributed by atoms with Gasteiger partial charge in [0.15, 0.2) is 5.69 Å². The number of nitrogens with one attached hydrogen (secondary N) is 1. The van der Waals surface area contributed by atoms with Gasteiger partial charge in [0.25, 0.3) is 5.91 Å². The van der Waals surface area contributed by atoms with E-state index in [-0.39, 0.29) is 22.0 Å². The quantitative estimate of drug-likeness (QED) is 0.780. The van der Waals surface area contributed by atoms with Crippen LogP contribution in [0.5, 0.6) is 5.75 Å². The van der Waals surface area contributed by atoms with E-state index in [2.05, 4.69) is 10.3 Å². The molecule has 0 fully saturated rings. The van der Waals surface area contributed by atoms with Gasteiger partial charge in [0.1, 0.15) is 5.75 Å². The Morgan fingerprint density at radius 1 is 1.29 bits per heavy atom. The molecular weight excluding hydrogens is 294 g/mol. The Labute approximate surface area is 121 Å². The van der Waals surface area contributed by atoms with Crippen LogP contribution in [0.4, 0.5) is 5.69 Å².